The standard InChI is InChI=1S/C13H17NO3S/c1-17-11-4-2-3-10(12(11)15)13(16)14-9-5-7-18-8-6-9/h2-4,9,15H,5-8H2,1H3,(H,14,16). The van der Waals surface area contributed by atoms with Gasteiger partial charge in [-0.3, -0.25) is 4.79 Å². The smallest absolute Gasteiger partial charge is 0.255 e. The maximum atomic E-state index is 12.1. The molecule has 0 radical (unpaired) electrons. The average Bonchev–Trinajstić information content (AvgIpc) is 2.40. The molecule has 0 aliphatic carbocycles. The number of hydrogen-bond donors (Lipinski definition) is 2. The summed E-state index contributed by atoms with van der Waals surface area (Å²) in [5, 5.41) is 12.9. The van der Waals surface area contributed by atoms with Crippen LogP contribution in [0.3, 0.4) is 0 Å². The van der Waals surface area contributed by atoms with E-state index < -0.39 is 0 Å². The number of nitrogens with one attached hydrogen (secondary N) is 1. The van der Waals surface area contributed by atoms with Crippen LogP contribution in [0.1, 0.15) is 23.2 Å². The number of hydrogen-bond acceptors (Lipinski definition) is 4. The van der Waals surface area contributed by atoms with E-state index in [1.165, 1.54) is 7.11 Å². The van der Waals surface area contributed by atoms with E-state index in [0.29, 0.717) is 5.75 Å². The maximum absolute atomic E-state index is 12.1. The van der Waals surface area contributed by atoms with Gasteiger partial charge in [-0.1, -0.05) is 6.07 Å². The predicted octanol–water partition coefficient (Wildman–Crippen LogP) is 2.03. The lowest BCUT2D eigenvalue weighted by Gasteiger charge is -2.22. The number of amides is 1. The molecule has 0 saturated carbocycles. The highest BCUT2D eigenvalue weighted by Crippen LogP contribution is 2.29. The van der Waals surface area contributed by atoms with Gasteiger partial charge in [-0.15, -0.1) is 0 Å². The van der Waals surface area contributed by atoms with Crippen LogP contribution in [0.25, 0.3) is 0 Å². The minimum Gasteiger partial charge on any atom is -0.504 e. The third kappa shape index (κ3) is 2.90. The highest BCUT2D eigenvalue weighted by atomic mass is 32.2. The summed E-state index contributed by atoms with van der Waals surface area (Å²) in [5.74, 6) is 2.15. The fourth-order valence-electron chi connectivity index (χ4n) is 1.98. The molecule has 0 spiro atoms. The largest absolute Gasteiger partial charge is 0.504 e. The molecule has 1 amide bonds. The second-order valence-electron chi connectivity index (χ2n) is 4.22. The second-order valence-corrected chi connectivity index (χ2v) is 5.44. The van der Waals surface area contributed by atoms with E-state index in [0.717, 1.165) is 24.3 Å². The first kappa shape index (κ1) is 13.1. The molecule has 18 heavy (non-hydrogen) atoms. The number of thioether (sulfide) groups is 1. The Balaban J connectivity index is 2.08. The van der Waals surface area contributed by atoms with E-state index in [2.05, 4.69) is 5.32 Å². The zero-order valence-electron chi connectivity index (χ0n) is 10.3. The van der Waals surface area contributed by atoms with Crippen molar-refractivity contribution < 1.29 is 14.6 Å². The Kier molecular flexibility index (Phi) is 4.36. The van der Waals surface area contributed by atoms with Gasteiger partial charge in [0.25, 0.3) is 5.91 Å². The molecule has 98 valence electrons. The van der Waals surface area contributed by atoms with Gasteiger partial charge in [0, 0.05) is 6.04 Å². The lowest BCUT2D eigenvalue weighted by atomic mass is 10.1. The van der Waals surface area contributed by atoms with Crippen LogP contribution in [0, 0.1) is 0 Å². The fraction of sp³-hybridized carbons (Fsp3) is 0.462. The Morgan fingerprint density at radius 2 is 2.17 bits per heavy atom. The van der Waals surface area contributed by atoms with Crippen LogP contribution in [0.4, 0.5) is 0 Å². The molecule has 2 N–H and O–H groups in total. The van der Waals surface area contributed by atoms with Crippen molar-refractivity contribution in [2.75, 3.05) is 18.6 Å². The van der Waals surface area contributed by atoms with Gasteiger partial charge in [-0.2, -0.15) is 11.8 Å². The van der Waals surface area contributed by atoms with Crippen molar-refractivity contribution in [3.8, 4) is 11.5 Å². The van der Waals surface area contributed by atoms with Crippen LogP contribution < -0.4 is 10.1 Å². The number of rotatable bonds is 3. The lowest BCUT2D eigenvalue weighted by molar-refractivity contribution is 0.0931. The van der Waals surface area contributed by atoms with Gasteiger partial charge in [-0.05, 0) is 36.5 Å². The van der Waals surface area contributed by atoms with Crippen LogP contribution in [0.15, 0.2) is 18.2 Å². The van der Waals surface area contributed by atoms with Crippen LogP contribution in [0.2, 0.25) is 0 Å². The molecular weight excluding hydrogens is 250 g/mol. The quantitative estimate of drug-likeness (QED) is 0.879. The summed E-state index contributed by atoms with van der Waals surface area (Å²) in [6, 6.07) is 5.14. The molecule has 0 aromatic heterocycles. The molecule has 2 rings (SSSR count). The molecule has 5 heteroatoms. The maximum Gasteiger partial charge on any atom is 0.255 e. The van der Waals surface area contributed by atoms with E-state index in [4.69, 9.17) is 4.74 Å². The third-order valence-corrected chi connectivity index (χ3v) is 4.07. The first-order valence-electron chi connectivity index (χ1n) is 5.97. The van der Waals surface area contributed by atoms with Crippen molar-refractivity contribution in [2.45, 2.75) is 18.9 Å². The number of para-hydroxylation sites is 1. The van der Waals surface area contributed by atoms with E-state index in [-0.39, 0.29) is 23.3 Å². The van der Waals surface area contributed by atoms with Crippen molar-refractivity contribution in [1.29, 1.82) is 0 Å². The number of benzene rings is 1. The Bertz CT molecular complexity index is 430. The first-order valence-corrected chi connectivity index (χ1v) is 7.12. The van der Waals surface area contributed by atoms with Crippen LogP contribution >= 0.6 is 11.8 Å². The van der Waals surface area contributed by atoms with Crippen molar-refractivity contribution >= 4 is 17.7 Å². The number of carbonyl (C=O) groups is 1. The number of phenolic OH excluding ortho intramolecular Hbond substituents is 1. The zero-order valence-corrected chi connectivity index (χ0v) is 11.1. The molecular formula is C13H17NO3S. The highest BCUT2D eigenvalue weighted by Gasteiger charge is 2.20. The summed E-state index contributed by atoms with van der Waals surface area (Å²) in [7, 11) is 1.47. The summed E-state index contributed by atoms with van der Waals surface area (Å²) in [4.78, 5) is 12.1. The summed E-state index contributed by atoms with van der Waals surface area (Å²) in [6.45, 7) is 0. The van der Waals surface area contributed by atoms with Crippen LogP contribution in [-0.2, 0) is 0 Å². The molecule has 0 atom stereocenters. The second kappa shape index (κ2) is 6.00. The molecule has 1 aliphatic heterocycles. The van der Waals surface area contributed by atoms with Gasteiger partial charge in [0.1, 0.15) is 0 Å². The molecule has 0 bridgehead atoms. The van der Waals surface area contributed by atoms with E-state index >= 15 is 0 Å². The summed E-state index contributed by atoms with van der Waals surface area (Å²) in [5.41, 5.74) is 0.271. The topological polar surface area (TPSA) is 58.6 Å². The van der Waals surface area contributed by atoms with Gasteiger partial charge in [0.15, 0.2) is 11.5 Å². The molecule has 1 aromatic carbocycles. The Hall–Kier alpha value is -1.36. The molecule has 1 aliphatic rings. The Labute approximate surface area is 111 Å². The third-order valence-electron chi connectivity index (χ3n) is 3.02. The van der Waals surface area contributed by atoms with Crippen molar-refractivity contribution in [1.82, 2.24) is 5.32 Å². The summed E-state index contributed by atoms with van der Waals surface area (Å²) in [6.07, 6.45) is 1.97. The van der Waals surface area contributed by atoms with Gasteiger partial charge in [0.2, 0.25) is 0 Å². The predicted molar refractivity (Wildman–Crippen MR) is 72.5 cm³/mol. The van der Waals surface area contributed by atoms with Crippen LogP contribution in [0.5, 0.6) is 11.5 Å². The van der Waals surface area contributed by atoms with Crippen LogP contribution in [-0.4, -0.2) is 35.7 Å². The van der Waals surface area contributed by atoms with Gasteiger partial charge in [-0.25, -0.2) is 0 Å². The van der Waals surface area contributed by atoms with Crippen molar-refractivity contribution in [2.24, 2.45) is 0 Å². The van der Waals surface area contributed by atoms with Crippen molar-refractivity contribution in [3.05, 3.63) is 23.8 Å². The highest BCUT2D eigenvalue weighted by molar-refractivity contribution is 7.99. The summed E-state index contributed by atoms with van der Waals surface area (Å²) < 4.78 is 4.99. The minimum absolute atomic E-state index is 0.0947. The number of carbonyl (C=O) groups excluding carboxylic acids is 1. The molecule has 4 nitrogen and oxygen atoms in total. The molecule has 1 fully saturated rings. The molecule has 1 saturated heterocycles. The number of methoxy groups -OCH3 is 1. The van der Waals surface area contributed by atoms with Gasteiger partial charge >= 0.3 is 0 Å². The monoisotopic (exact) mass is 267 g/mol. The van der Waals surface area contributed by atoms with Gasteiger partial charge in [0.05, 0.1) is 12.7 Å². The Morgan fingerprint density at radius 1 is 1.44 bits per heavy atom. The number of aromatic hydroxyl groups is 1. The normalized spacial score (nSPS) is 16.3. The van der Waals surface area contributed by atoms with E-state index in [1.54, 1.807) is 18.2 Å². The molecule has 0 unspecified atom stereocenters. The number of phenols is 1. The zero-order chi connectivity index (χ0) is 13.0. The average molecular weight is 267 g/mol. The fourth-order valence-corrected chi connectivity index (χ4v) is 3.08. The van der Waals surface area contributed by atoms with E-state index in [1.807, 2.05) is 11.8 Å². The summed E-state index contributed by atoms with van der Waals surface area (Å²) >= 11 is 1.91. The SMILES string of the molecule is COc1cccc(C(=O)NC2CCSCC2)c1O. The molecule has 1 aromatic rings. The minimum atomic E-state index is -0.233. The lowest BCUT2D eigenvalue weighted by Crippen LogP contribution is -2.37. The van der Waals surface area contributed by atoms with Crippen molar-refractivity contribution in [3.63, 3.8) is 0 Å². The first-order chi connectivity index (χ1) is 8.72. The molecule has 1 heterocycles. The van der Waals surface area contributed by atoms with Gasteiger partial charge < -0.3 is 15.2 Å². The number of ether oxygens (including phenoxy) is 1. The Morgan fingerprint density at radius 3 is 2.83 bits per heavy atom. The van der Waals surface area contributed by atoms with E-state index in [9.17, 15) is 9.90 Å².